The van der Waals surface area contributed by atoms with Crippen molar-refractivity contribution in [2.75, 3.05) is 5.75 Å². The van der Waals surface area contributed by atoms with Gasteiger partial charge in [0.05, 0.1) is 10.6 Å². The molecule has 0 fully saturated rings. The van der Waals surface area contributed by atoms with Gasteiger partial charge in [-0.15, -0.1) is 21.5 Å². The summed E-state index contributed by atoms with van der Waals surface area (Å²) in [5, 5.41) is 19.7. The summed E-state index contributed by atoms with van der Waals surface area (Å²) in [5.41, 5.74) is 0. The number of rotatable bonds is 6. The van der Waals surface area contributed by atoms with Gasteiger partial charge in [0, 0.05) is 11.0 Å². The van der Waals surface area contributed by atoms with E-state index in [1.165, 1.54) is 11.8 Å². The molecule has 2 aromatic rings. The number of hydrogen-bond acceptors (Lipinski definition) is 5. The van der Waals surface area contributed by atoms with Crippen LogP contribution < -0.4 is 0 Å². The van der Waals surface area contributed by atoms with E-state index in [2.05, 4.69) is 33.1 Å². The summed E-state index contributed by atoms with van der Waals surface area (Å²) in [6.07, 6.45) is 0.939. The molecular weight excluding hydrogens is 350 g/mol. The van der Waals surface area contributed by atoms with E-state index in [1.54, 1.807) is 11.3 Å². The number of halogens is 1. The number of thiophene rings is 1. The van der Waals surface area contributed by atoms with Crippen LogP contribution in [-0.2, 0) is 11.3 Å². The number of nitrogens with zero attached hydrogens (tertiary/aromatic N) is 3. The van der Waals surface area contributed by atoms with Gasteiger partial charge in [0.15, 0.2) is 11.0 Å². The lowest BCUT2D eigenvalue weighted by atomic mass is 10.4. The van der Waals surface area contributed by atoms with Gasteiger partial charge >= 0.3 is 5.97 Å². The minimum absolute atomic E-state index is 0.00649. The summed E-state index contributed by atoms with van der Waals surface area (Å²) in [7, 11) is 0. The number of carboxylic acids is 1. The second-order valence-corrected chi connectivity index (χ2v) is 6.45. The minimum atomic E-state index is -0.852. The molecule has 0 aliphatic heterocycles. The Kier molecular flexibility index (Phi) is 5.00. The van der Waals surface area contributed by atoms with E-state index in [0.29, 0.717) is 5.16 Å². The van der Waals surface area contributed by atoms with Crippen LogP contribution in [0, 0.1) is 0 Å². The molecule has 19 heavy (non-hydrogen) atoms. The minimum Gasteiger partial charge on any atom is -0.481 e. The first-order valence-corrected chi connectivity index (χ1v) is 8.30. The zero-order chi connectivity index (χ0) is 13.8. The molecule has 0 amide bonds. The fourth-order valence-electron chi connectivity index (χ4n) is 1.57. The second kappa shape index (κ2) is 6.53. The molecule has 2 heterocycles. The lowest BCUT2D eigenvalue weighted by Gasteiger charge is -2.07. The molecule has 5 nitrogen and oxygen atoms in total. The Morgan fingerprint density at radius 1 is 1.58 bits per heavy atom. The van der Waals surface area contributed by atoms with Crippen LogP contribution in [0.3, 0.4) is 0 Å². The van der Waals surface area contributed by atoms with E-state index in [9.17, 15) is 4.79 Å². The molecule has 2 rings (SSSR count). The van der Waals surface area contributed by atoms with Crippen molar-refractivity contribution in [1.29, 1.82) is 0 Å². The van der Waals surface area contributed by atoms with Gasteiger partial charge in [-0.1, -0.05) is 18.7 Å². The Morgan fingerprint density at radius 2 is 2.37 bits per heavy atom. The second-order valence-electron chi connectivity index (χ2n) is 3.74. The number of aromatic nitrogens is 3. The molecule has 0 radical (unpaired) electrons. The van der Waals surface area contributed by atoms with Crippen molar-refractivity contribution >= 4 is 45.0 Å². The maximum absolute atomic E-state index is 10.6. The Hall–Kier alpha value is -0.860. The van der Waals surface area contributed by atoms with Crippen molar-refractivity contribution in [1.82, 2.24) is 14.8 Å². The van der Waals surface area contributed by atoms with Crippen LogP contribution in [0.1, 0.15) is 13.3 Å². The van der Waals surface area contributed by atoms with E-state index >= 15 is 0 Å². The summed E-state index contributed by atoms with van der Waals surface area (Å²) in [6.45, 7) is 2.84. The van der Waals surface area contributed by atoms with Crippen LogP contribution in [0.5, 0.6) is 0 Å². The van der Waals surface area contributed by atoms with Crippen LogP contribution in [0.2, 0.25) is 0 Å². The molecule has 0 saturated heterocycles. The van der Waals surface area contributed by atoms with Crippen LogP contribution in [0.4, 0.5) is 0 Å². The van der Waals surface area contributed by atoms with Crippen molar-refractivity contribution in [3.63, 3.8) is 0 Å². The highest BCUT2D eigenvalue weighted by Crippen LogP contribution is 2.34. The highest BCUT2D eigenvalue weighted by atomic mass is 79.9. The molecule has 102 valence electrons. The molecule has 0 aromatic carbocycles. The number of hydrogen-bond donors (Lipinski definition) is 1. The standard InChI is InChI=1S/C11H12BrN3O2S2/c1-2-4-15-10(9-7(12)3-5-18-9)13-14-11(15)19-6-8(16)17/h3,5H,2,4,6H2,1H3,(H,16,17). The van der Waals surface area contributed by atoms with Crippen molar-refractivity contribution in [3.05, 3.63) is 15.9 Å². The van der Waals surface area contributed by atoms with Gasteiger partial charge < -0.3 is 9.67 Å². The van der Waals surface area contributed by atoms with Crippen molar-refractivity contribution in [2.45, 2.75) is 25.0 Å². The Labute approximate surface area is 127 Å². The quantitative estimate of drug-likeness (QED) is 0.798. The fourth-order valence-corrected chi connectivity index (χ4v) is 3.80. The zero-order valence-electron chi connectivity index (χ0n) is 10.2. The first kappa shape index (κ1) is 14.5. The molecule has 0 aliphatic carbocycles. The molecule has 0 unspecified atom stereocenters. The highest BCUT2D eigenvalue weighted by molar-refractivity contribution is 9.10. The molecule has 0 atom stereocenters. The van der Waals surface area contributed by atoms with Crippen LogP contribution in [-0.4, -0.2) is 31.6 Å². The first-order chi connectivity index (χ1) is 9.13. The number of carboxylic acid groups (broad SMARTS) is 1. The summed E-state index contributed by atoms with van der Waals surface area (Å²) >= 11 is 6.27. The van der Waals surface area contributed by atoms with E-state index in [4.69, 9.17) is 5.11 Å². The van der Waals surface area contributed by atoms with Gasteiger partial charge in [-0.3, -0.25) is 4.79 Å². The lowest BCUT2D eigenvalue weighted by molar-refractivity contribution is -0.133. The fraction of sp³-hybridized carbons (Fsp3) is 0.364. The molecule has 0 spiro atoms. The highest BCUT2D eigenvalue weighted by Gasteiger charge is 2.17. The summed E-state index contributed by atoms with van der Waals surface area (Å²) in [5.74, 6) is -0.0699. The van der Waals surface area contributed by atoms with Crippen molar-refractivity contribution in [3.8, 4) is 10.7 Å². The van der Waals surface area contributed by atoms with Gasteiger partial charge in [-0.2, -0.15) is 0 Å². The summed E-state index contributed by atoms with van der Waals surface area (Å²) < 4.78 is 2.96. The lowest BCUT2D eigenvalue weighted by Crippen LogP contribution is -2.04. The van der Waals surface area contributed by atoms with Gasteiger partial charge in [0.25, 0.3) is 0 Å². The smallest absolute Gasteiger partial charge is 0.313 e. The maximum atomic E-state index is 10.6. The average Bonchev–Trinajstić information content (AvgIpc) is 2.94. The Balaban J connectivity index is 2.34. The number of aliphatic carboxylic acids is 1. The van der Waals surface area contributed by atoms with E-state index in [-0.39, 0.29) is 5.75 Å². The predicted octanol–water partition coefficient (Wildman–Crippen LogP) is 3.36. The first-order valence-electron chi connectivity index (χ1n) is 5.64. The maximum Gasteiger partial charge on any atom is 0.313 e. The van der Waals surface area contributed by atoms with E-state index in [1.807, 2.05) is 16.0 Å². The number of carbonyl (C=O) groups is 1. The SMILES string of the molecule is CCCn1c(SCC(=O)O)nnc1-c1sccc1Br. The van der Waals surface area contributed by atoms with Crippen molar-refractivity contribution in [2.24, 2.45) is 0 Å². The van der Waals surface area contributed by atoms with Gasteiger partial charge in [0.2, 0.25) is 0 Å². The normalized spacial score (nSPS) is 10.8. The van der Waals surface area contributed by atoms with Gasteiger partial charge in [-0.05, 0) is 33.8 Å². The van der Waals surface area contributed by atoms with E-state index in [0.717, 1.165) is 28.1 Å². The monoisotopic (exact) mass is 361 g/mol. The topological polar surface area (TPSA) is 68.0 Å². The third-order valence-corrected chi connectivity index (χ3v) is 5.09. The average molecular weight is 362 g/mol. The molecular formula is C11H12BrN3O2S2. The summed E-state index contributed by atoms with van der Waals surface area (Å²) in [4.78, 5) is 11.7. The Morgan fingerprint density at radius 3 is 2.95 bits per heavy atom. The molecule has 0 saturated carbocycles. The van der Waals surface area contributed by atoms with E-state index < -0.39 is 5.97 Å². The third kappa shape index (κ3) is 3.37. The molecule has 8 heteroatoms. The molecule has 1 N–H and O–H groups in total. The number of thioether (sulfide) groups is 1. The van der Waals surface area contributed by atoms with Gasteiger partial charge in [0.1, 0.15) is 0 Å². The summed E-state index contributed by atoms with van der Waals surface area (Å²) in [6, 6.07) is 1.97. The molecule has 0 bridgehead atoms. The third-order valence-electron chi connectivity index (χ3n) is 2.31. The van der Waals surface area contributed by atoms with Crippen LogP contribution in [0.25, 0.3) is 10.7 Å². The largest absolute Gasteiger partial charge is 0.481 e. The van der Waals surface area contributed by atoms with Crippen LogP contribution >= 0.6 is 39.0 Å². The molecule has 2 aromatic heterocycles. The van der Waals surface area contributed by atoms with Crippen LogP contribution in [0.15, 0.2) is 21.1 Å². The van der Waals surface area contributed by atoms with Gasteiger partial charge in [-0.25, -0.2) is 0 Å². The Bertz CT molecular complexity index is 582. The van der Waals surface area contributed by atoms with Crippen molar-refractivity contribution < 1.29 is 9.90 Å². The predicted molar refractivity (Wildman–Crippen MR) is 79.7 cm³/mol. The molecule has 0 aliphatic rings. The zero-order valence-corrected chi connectivity index (χ0v) is 13.4.